The Hall–Kier alpha value is -1.69. The topological polar surface area (TPSA) is 53.2 Å². The molecule has 0 radical (unpaired) electrons. The molecule has 0 bridgehead atoms. The molecule has 0 spiro atoms. The van der Waals surface area contributed by atoms with Crippen LogP contribution in [0.15, 0.2) is 24.3 Å². The number of thiocarbonyl (C=S) groups is 1. The van der Waals surface area contributed by atoms with Gasteiger partial charge in [-0.15, -0.1) is 0 Å². The van der Waals surface area contributed by atoms with Crippen molar-refractivity contribution in [2.24, 2.45) is 0 Å². The van der Waals surface area contributed by atoms with Crippen molar-refractivity contribution in [2.75, 3.05) is 7.05 Å². The maximum atomic E-state index is 12.6. The first-order valence-corrected chi connectivity index (χ1v) is 5.03. The Bertz CT molecular complexity index is 380. The Labute approximate surface area is 98.2 Å². The summed E-state index contributed by atoms with van der Waals surface area (Å²) >= 11 is 4.77. The van der Waals surface area contributed by atoms with Crippen LogP contribution in [-0.2, 0) is 11.2 Å². The fraction of sp³-hybridized carbons (Fsp3) is 0.200. The van der Waals surface area contributed by atoms with E-state index in [0.717, 1.165) is 5.56 Å². The molecule has 0 atom stereocenters. The Morgan fingerprint density at radius 1 is 1.31 bits per heavy atom. The molecule has 0 saturated carbocycles. The van der Waals surface area contributed by atoms with Crippen LogP contribution in [0, 0.1) is 5.82 Å². The number of amides is 1. The fourth-order valence-electron chi connectivity index (χ4n) is 1.02. The first-order chi connectivity index (χ1) is 7.61. The highest BCUT2D eigenvalue weighted by atomic mass is 32.1. The van der Waals surface area contributed by atoms with Gasteiger partial charge in [0, 0.05) is 7.05 Å². The summed E-state index contributed by atoms with van der Waals surface area (Å²) in [5.41, 5.74) is 5.65. The molecule has 1 aromatic carbocycles. The molecule has 3 N–H and O–H groups in total. The van der Waals surface area contributed by atoms with Crippen LogP contribution in [0.3, 0.4) is 0 Å². The van der Waals surface area contributed by atoms with Gasteiger partial charge in [-0.3, -0.25) is 15.6 Å². The Morgan fingerprint density at radius 3 is 2.50 bits per heavy atom. The van der Waals surface area contributed by atoms with Gasteiger partial charge in [-0.05, 0) is 29.9 Å². The first-order valence-electron chi connectivity index (χ1n) is 4.63. The van der Waals surface area contributed by atoms with Crippen LogP contribution in [0.25, 0.3) is 0 Å². The molecule has 0 aromatic heterocycles. The van der Waals surface area contributed by atoms with E-state index in [0.29, 0.717) is 5.11 Å². The van der Waals surface area contributed by atoms with Crippen LogP contribution < -0.4 is 16.2 Å². The number of benzene rings is 1. The highest BCUT2D eigenvalue weighted by molar-refractivity contribution is 7.80. The molecule has 86 valence electrons. The zero-order chi connectivity index (χ0) is 12.0. The second-order valence-electron chi connectivity index (χ2n) is 3.06. The third-order valence-electron chi connectivity index (χ3n) is 1.82. The first kappa shape index (κ1) is 12.4. The number of hydrogen-bond acceptors (Lipinski definition) is 2. The van der Waals surface area contributed by atoms with Gasteiger partial charge in [0.25, 0.3) is 0 Å². The van der Waals surface area contributed by atoms with Gasteiger partial charge >= 0.3 is 0 Å². The molecule has 0 unspecified atom stereocenters. The van der Waals surface area contributed by atoms with Crippen LogP contribution in [0.2, 0.25) is 0 Å². The number of rotatable bonds is 2. The van der Waals surface area contributed by atoms with Crippen LogP contribution in [0.4, 0.5) is 4.39 Å². The lowest BCUT2D eigenvalue weighted by molar-refractivity contribution is -0.121. The number of nitrogens with one attached hydrogen (secondary N) is 3. The summed E-state index contributed by atoms with van der Waals surface area (Å²) in [5, 5.41) is 2.97. The largest absolute Gasteiger partial charge is 0.364 e. The van der Waals surface area contributed by atoms with E-state index in [1.54, 1.807) is 19.2 Å². The lowest BCUT2D eigenvalue weighted by atomic mass is 10.1. The molecule has 0 aliphatic rings. The number of halogens is 1. The molecule has 0 aliphatic carbocycles. The van der Waals surface area contributed by atoms with Gasteiger partial charge in [0.05, 0.1) is 6.42 Å². The molecule has 0 heterocycles. The number of hydrogen-bond donors (Lipinski definition) is 3. The molecular formula is C10H12FN3OS. The molecule has 0 fully saturated rings. The van der Waals surface area contributed by atoms with Crippen molar-refractivity contribution in [3.8, 4) is 0 Å². The molecule has 0 saturated heterocycles. The summed E-state index contributed by atoms with van der Waals surface area (Å²) in [5.74, 6) is -0.567. The molecule has 1 rings (SSSR count). The van der Waals surface area contributed by atoms with Crippen molar-refractivity contribution in [1.82, 2.24) is 16.2 Å². The molecule has 16 heavy (non-hydrogen) atoms. The summed E-state index contributed by atoms with van der Waals surface area (Å²) in [4.78, 5) is 11.4. The van der Waals surface area contributed by atoms with E-state index in [-0.39, 0.29) is 18.1 Å². The second kappa shape index (κ2) is 6.02. The minimum atomic E-state index is -0.321. The van der Waals surface area contributed by atoms with E-state index in [1.165, 1.54) is 12.1 Å². The lowest BCUT2D eigenvalue weighted by Crippen LogP contribution is -2.46. The van der Waals surface area contributed by atoms with Gasteiger partial charge < -0.3 is 5.32 Å². The Balaban J connectivity index is 2.40. The van der Waals surface area contributed by atoms with E-state index >= 15 is 0 Å². The average Bonchev–Trinajstić information content (AvgIpc) is 2.29. The molecule has 6 heteroatoms. The Morgan fingerprint density at radius 2 is 1.94 bits per heavy atom. The van der Waals surface area contributed by atoms with Gasteiger partial charge in [-0.25, -0.2) is 4.39 Å². The van der Waals surface area contributed by atoms with Gasteiger partial charge in [0.15, 0.2) is 5.11 Å². The monoisotopic (exact) mass is 241 g/mol. The SMILES string of the molecule is CNC(=S)NNC(=O)Cc1ccc(F)cc1. The Kier molecular flexibility index (Phi) is 4.65. The van der Waals surface area contributed by atoms with Crippen LogP contribution >= 0.6 is 12.2 Å². The smallest absolute Gasteiger partial charge is 0.242 e. The molecule has 0 aliphatic heterocycles. The quantitative estimate of drug-likeness (QED) is 0.521. The number of hydrazine groups is 1. The predicted molar refractivity (Wildman–Crippen MR) is 63.0 cm³/mol. The van der Waals surface area contributed by atoms with Crippen molar-refractivity contribution >= 4 is 23.2 Å². The summed E-state index contributed by atoms with van der Waals surface area (Å²) in [7, 11) is 1.64. The van der Waals surface area contributed by atoms with Crippen molar-refractivity contribution in [3.05, 3.63) is 35.6 Å². The van der Waals surface area contributed by atoms with Crippen molar-refractivity contribution in [1.29, 1.82) is 0 Å². The van der Waals surface area contributed by atoms with Crippen LogP contribution in [-0.4, -0.2) is 18.1 Å². The van der Waals surface area contributed by atoms with Crippen molar-refractivity contribution < 1.29 is 9.18 Å². The summed E-state index contributed by atoms with van der Waals surface area (Å²) < 4.78 is 12.6. The molecule has 1 aromatic rings. The van der Waals surface area contributed by atoms with Crippen LogP contribution in [0.5, 0.6) is 0 Å². The molecule has 4 nitrogen and oxygen atoms in total. The minimum Gasteiger partial charge on any atom is -0.364 e. The van der Waals surface area contributed by atoms with Crippen molar-refractivity contribution in [3.63, 3.8) is 0 Å². The second-order valence-corrected chi connectivity index (χ2v) is 3.46. The van der Waals surface area contributed by atoms with E-state index in [4.69, 9.17) is 12.2 Å². The maximum Gasteiger partial charge on any atom is 0.242 e. The number of carbonyl (C=O) groups is 1. The third kappa shape index (κ3) is 4.22. The number of carbonyl (C=O) groups excluding carboxylic acids is 1. The van der Waals surface area contributed by atoms with Gasteiger partial charge in [0.2, 0.25) is 5.91 Å². The maximum absolute atomic E-state index is 12.6. The van der Waals surface area contributed by atoms with E-state index in [1.807, 2.05) is 0 Å². The molecule has 1 amide bonds. The van der Waals surface area contributed by atoms with Gasteiger partial charge in [-0.1, -0.05) is 12.1 Å². The zero-order valence-corrected chi connectivity index (χ0v) is 9.53. The highest BCUT2D eigenvalue weighted by Gasteiger charge is 2.03. The fourth-order valence-corrected chi connectivity index (χ4v) is 1.07. The average molecular weight is 241 g/mol. The highest BCUT2D eigenvalue weighted by Crippen LogP contribution is 2.02. The normalized spacial score (nSPS) is 9.38. The van der Waals surface area contributed by atoms with Crippen molar-refractivity contribution in [2.45, 2.75) is 6.42 Å². The van der Waals surface area contributed by atoms with Crippen LogP contribution in [0.1, 0.15) is 5.56 Å². The minimum absolute atomic E-state index is 0.166. The molecular weight excluding hydrogens is 229 g/mol. The standard InChI is InChI=1S/C10H12FN3OS/c1-12-10(16)14-13-9(15)6-7-2-4-8(11)5-3-7/h2-5H,6H2,1H3,(H,13,15)(H2,12,14,16). The van der Waals surface area contributed by atoms with Gasteiger partial charge in [0.1, 0.15) is 5.82 Å². The van der Waals surface area contributed by atoms with E-state index in [2.05, 4.69) is 16.2 Å². The summed E-state index contributed by atoms with van der Waals surface area (Å²) in [6.07, 6.45) is 0.166. The zero-order valence-electron chi connectivity index (χ0n) is 8.71. The summed E-state index contributed by atoms with van der Waals surface area (Å²) in [6, 6.07) is 5.75. The van der Waals surface area contributed by atoms with E-state index in [9.17, 15) is 9.18 Å². The lowest BCUT2D eigenvalue weighted by Gasteiger charge is -2.08. The summed E-state index contributed by atoms with van der Waals surface area (Å²) in [6.45, 7) is 0. The third-order valence-corrected chi connectivity index (χ3v) is 2.13. The predicted octanol–water partition coefficient (Wildman–Crippen LogP) is 0.493. The van der Waals surface area contributed by atoms with Gasteiger partial charge in [-0.2, -0.15) is 0 Å². The van der Waals surface area contributed by atoms with E-state index < -0.39 is 0 Å².